The van der Waals surface area contributed by atoms with Crippen LogP contribution in [0.4, 0.5) is 0 Å². The van der Waals surface area contributed by atoms with Crippen molar-refractivity contribution in [2.45, 2.75) is 40.0 Å². The van der Waals surface area contributed by atoms with Crippen LogP contribution in [0.3, 0.4) is 0 Å². The summed E-state index contributed by atoms with van der Waals surface area (Å²) >= 11 is 0. The first-order chi connectivity index (χ1) is 5.66. The van der Waals surface area contributed by atoms with Crippen molar-refractivity contribution in [3.8, 4) is 0 Å². The molecule has 0 aromatic carbocycles. The molecule has 0 radical (unpaired) electrons. The second-order valence-corrected chi connectivity index (χ2v) is 3.50. The van der Waals surface area contributed by atoms with Gasteiger partial charge in [0.1, 0.15) is 0 Å². The standard InChI is InChI=1S/C10H19NO/c1-9(2)5-4-6-10(3)7-8-11-12/h5,8,10,12H,4,6-7H2,1-3H3/b11-8+. The lowest BCUT2D eigenvalue weighted by molar-refractivity contribution is 0.319. The van der Waals surface area contributed by atoms with E-state index in [0.717, 1.165) is 19.3 Å². The van der Waals surface area contributed by atoms with Crippen molar-refractivity contribution in [1.29, 1.82) is 0 Å². The monoisotopic (exact) mass is 169 g/mol. The van der Waals surface area contributed by atoms with Gasteiger partial charge in [-0.15, -0.1) is 5.16 Å². The first kappa shape index (κ1) is 11.2. The Kier molecular flexibility index (Phi) is 6.44. The molecule has 0 bridgehead atoms. The van der Waals surface area contributed by atoms with Crippen molar-refractivity contribution in [2.24, 2.45) is 11.1 Å². The van der Waals surface area contributed by atoms with Gasteiger partial charge in [-0.2, -0.15) is 0 Å². The van der Waals surface area contributed by atoms with Crippen LogP contribution in [-0.2, 0) is 0 Å². The summed E-state index contributed by atoms with van der Waals surface area (Å²) < 4.78 is 0. The van der Waals surface area contributed by atoms with Gasteiger partial charge in [-0.05, 0) is 39.0 Å². The zero-order chi connectivity index (χ0) is 9.40. The second kappa shape index (κ2) is 6.89. The molecule has 0 aliphatic heterocycles. The number of nitrogens with zero attached hydrogens (tertiary/aromatic N) is 1. The van der Waals surface area contributed by atoms with E-state index < -0.39 is 0 Å². The molecule has 0 aliphatic rings. The minimum atomic E-state index is 0.608. The van der Waals surface area contributed by atoms with Crippen molar-refractivity contribution >= 4 is 6.21 Å². The fourth-order valence-electron chi connectivity index (χ4n) is 1.00. The van der Waals surface area contributed by atoms with Crippen LogP contribution in [0.25, 0.3) is 0 Å². The lowest BCUT2D eigenvalue weighted by Crippen LogP contribution is -1.94. The quantitative estimate of drug-likeness (QED) is 0.291. The van der Waals surface area contributed by atoms with Gasteiger partial charge in [0.2, 0.25) is 0 Å². The third-order valence-corrected chi connectivity index (χ3v) is 1.80. The van der Waals surface area contributed by atoms with E-state index in [-0.39, 0.29) is 0 Å². The molecule has 0 aromatic heterocycles. The third kappa shape index (κ3) is 7.32. The smallest absolute Gasteiger partial charge is 0.0438 e. The van der Waals surface area contributed by atoms with Crippen LogP contribution in [0.2, 0.25) is 0 Å². The van der Waals surface area contributed by atoms with Crippen LogP contribution in [0.1, 0.15) is 40.0 Å². The van der Waals surface area contributed by atoms with Crippen molar-refractivity contribution in [3.05, 3.63) is 11.6 Å². The lowest BCUT2D eigenvalue weighted by Gasteiger charge is -2.04. The molecule has 0 aromatic rings. The average Bonchev–Trinajstić information content (AvgIpc) is 2.00. The summed E-state index contributed by atoms with van der Waals surface area (Å²) in [5.41, 5.74) is 1.37. The van der Waals surface area contributed by atoms with E-state index in [2.05, 4.69) is 32.0 Å². The molecule has 0 rings (SSSR count). The van der Waals surface area contributed by atoms with Gasteiger partial charge < -0.3 is 5.21 Å². The summed E-state index contributed by atoms with van der Waals surface area (Å²) in [6.07, 6.45) is 6.97. The van der Waals surface area contributed by atoms with E-state index in [1.807, 2.05) is 0 Å². The number of rotatable bonds is 5. The van der Waals surface area contributed by atoms with E-state index in [1.54, 1.807) is 6.21 Å². The zero-order valence-corrected chi connectivity index (χ0v) is 8.25. The maximum absolute atomic E-state index is 8.19. The maximum atomic E-state index is 8.19. The van der Waals surface area contributed by atoms with Gasteiger partial charge in [0, 0.05) is 6.21 Å². The van der Waals surface area contributed by atoms with Crippen LogP contribution >= 0.6 is 0 Å². The molecule has 0 spiro atoms. The molecule has 0 fully saturated rings. The molecule has 0 saturated heterocycles. The molecule has 1 N–H and O–H groups in total. The van der Waals surface area contributed by atoms with Gasteiger partial charge in [-0.1, -0.05) is 18.6 Å². The highest BCUT2D eigenvalue weighted by Crippen LogP contribution is 2.10. The van der Waals surface area contributed by atoms with Gasteiger partial charge >= 0.3 is 0 Å². The van der Waals surface area contributed by atoms with E-state index >= 15 is 0 Å². The Hall–Kier alpha value is -0.790. The molecule has 70 valence electrons. The fraction of sp³-hybridized carbons (Fsp3) is 0.700. The predicted octanol–water partition coefficient (Wildman–Crippen LogP) is 3.22. The van der Waals surface area contributed by atoms with E-state index in [9.17, 15) is 0 Å². The largest absolute Gasteiger partial charge is 0.411 e. The van der Waals surface area contributed by atoms with Gasteiger partial charge in [-0.25, -0.2) is 0 Å². The van der Waals surface area contributed by atoms with Gasteiger partial charge in [0.25, 0.3) is 0 Å². The first-order valence-corrected chi connectivity index (χ1v) is 4.46. The Balaban J connectivity index is 3.43. The van der Waals surface area contributed by atoms with Gasteiger partial charge in [0.05, 0.1) is 0 Å². The molecule has 0 aliphatic carbocycles. The number of oxime groups is 1. The van der Waals surface area contributed by atoms with Crippen molar-refractivity contribution in [2.75, 3.05) is 0 Å². The van der Waals surface area contributed by atoms with Gasteiger partial charge in [0.15, 0.2) is 0 Å². The Morgan fingerprint density at radius 2 is 2.17 bits per heavy atom. The molecule has 0 amide bonds. The molecule has 1 atom stereocenters. The molecule has 2 heteroatoms. The molecular weight excluding hydrogens is 150 g/mol. The van der Waals surface area contributed by atoms with Crippen LogP contribution in [0.15, 0.2) is 16.8 Å². The average molecular weight is 169 g/mol. The molecule has 2 nitrogen and oxygen atoms in total. The van der Waals surface area contributed by atoms with Crippen molar-refractivity contribution < 1.29 is 5.21 Å². The summed E-state index contributed by atoms with van der Waals surface area (Å²) in [5, 5.41) is 11.2. The predicted molar refractivity (Wildman–Crippen MR) is 52.7 cm³/mol. The minimum Gasteiger partial charge on any atom is -0.411 e. The summed E-state index contributed by atoms with van der Waals surface area (Å²) in [7, 11) is 0. The minimum absolute atomic E-state index is 0.608. The molecule has 0 saturated carbocycles. The van der Waals surface area contributed by atoms with Crippen molar-refractivity contribution in [3.63, 3.8) is 0 Å². The maximum Gasteiger partial charge on any atom is 0.0438 e. The van der Waals surface area contributed by atoms with Crippen LogP contribution < -0.4 is 0 Å². The summed E-state index contributed by atoms with van der Waals surface area (Å²) in [6, 6.07) is 0. The normalized spacial score (nSPS) is 13.2. The van der Waals surface area contributed by atoms with E-state index in [1.165, 1.54) is 5.57 Å². The van der Waals surface area contributed by atoms with Crippen molar-refractivity contribution in [1.82, 2.24) is 0 Å². The van der Waals surface area contributed by atoms with Crippen LogP contribution in [-0.4, -0.2) is 11.4 Å². The van der Waals surface area contributed by atoms with E-state index in [0.29, 0.717) is 5.92 Å². The highest BCUT2D eigenvalue weighted by atomic mass is 16.4. The number of hydrogen-bond donors (Lipinski definition) is 1. The molecular formula is C10H19NO. The van der Waals surface area contributed by atoms with E-state index in [4.69, 9.17) is 5.21 Å². The molecule has 0 heterocycles. The summed E-state index contributed by atoms with van der Waals surface area (Å²) in [6.45, 7) is 6.39. The summed E-state index contributed by atoms with van der Waals surface area (Å²) in [4.78, 5) is 0. The van der Waals surface area contributed by atoms with Crippen LogP contribution in [0, 0.1) is 5.92 Å². The number of hydrogen-bond acceptors (Lipinski definition) is 2. The second-order valence-electron chi connectivity index (χ2n) is 3.50. The Labute approximate surface area is 75.0 Å². The fourth-order valence-corrected chi connectivity index (χ4v) is 1.00. The summed E-state index contributed by atoms with van der Waals surface area (Å²) in [5.74, 6) is 0.608. The van der Waals surface area contributed by atoms with Gasteiger partial charge in [-0.3, -0.25) is 0 Å². The topological polar surface area (TPSA) is 32.6 Å². The van der Waals surface area contributed by atoms with Crippen LogP contribution in [0.5, 0.6) is 0 Å². The molecule has 12 heavy (non-hydrogen) atoms. The SMILES string of the molecule is CC(C)=CCCC(C)C/C=N/O. The first-order valence-electron chi connectivity index (χ1n) is 4.46. The Morgan fingerprint density at radius 3 is 2.67 bits per heavy atom. The lowest BCUT2D eigenvalue weighted by atomic mass is 10.0. The molecule has 1 unspecified atom stereocenters. The highest BCUT2D eigenvalue weighted by Gasteiger charge is 1.97. The third-order valence-electron chi connectivity index (χ3n) is 1.80. The number of allylic oxidation sites excluding steroid dienone is 2. The Bertz CT molecular complexity index is 157. The zero-order valence-electron chi connectivity index (χ0n) is 8.25. The highest BCUT2D eigenvalue weighted by molar-refractivity contribution is 5.56. The Morgan fingerprint density at radius 1 is 1.50 bits per heavy atom.